The molecule has 0 N–H and O–H groups in total. The van der Waals surface area contributed by atoms with Crippen molar-refractivity contribution >= 4 is 17.7 Å². The minimum atomic E-state index is -0.853. The van der Waals surface area contributed by atoms with Crippen LogP contribution in [0, 0.1) is 19.7 Å². The van der Waals surface area contributed by atoms with Gasteiger partial charge < -0.3 is 14.2 Å². The van der Waals surface area contributed by atoms with Crippen LogP contribution in [0.15, 0.2) is 36.9 Å². The summed E-state index contributed by atoms with van der Waals surface area (Å²) >= 11 is 0. The summed E-state index contributed by atoms with van der Waals surface area (Å²) in [5, 5.41) is 0. The summed E-state index contributed by atoms with van der Waals surface area (Å²) in [6.45, 7) is 8.76. The van der Waals surface area contributed by atoms with Gasteiger partial charge in [0.1, 0.15) is 11.5 Å². The molecule has 0 aliphatic carbocycles. The van der Waals surface area contributed by atoms with Gasteiger partial charge in [-0.1, -0.05) is 12.1 Å². The lowest BCUT2D eigenvalue weighted by atomic mass is 9.99. The molecule has 6 nitrogen and oxygen atoms in total. The van der Waals surface area contributed by atoms with E-state index in [2.05, 4.69) is 6.58 Å². The van der Waals surface area contributed by atoms with Gasteiger partial charge in [0.15, 0.2) is 5.78 Å². The summed E-state index contributed by atoms with van der Waals surface area (Å²) < 4.78 is 20.0. The number of ketones is 1. The van der Waals surface area contributed by atoms with Crippen molar-refractivity contribution in [1.82, 2.24) is 9.47 Å². The van der Waals surface area contributed by atoms with E-state index in [1.54, 1.807) is 32.4 Å². The Labute approximate surface area is 169 Å². The number of ether oxygens (including phenoxy) is 1. The maximum atomic E-state index is 13.6. The maximum Gasteiger partial charge on any atom is 0.354 e. The van der Waals surface area contributed by atoms with Gasteiger partial charge in [-0.15, -0.1) is 6.58 Å². The molecule has 0 saturated carbocycles. The van der Waals surface area contributed by atoms with Crippen LogP contribution in [0.3, 0.4) is 0 Å². The van der Waals surface area contributed by atoms with E-state index in [1.807, 2.05) is 0 Å². The van der Waals surface area contributed by atoms with E-state index in [9.17, 15) is 18.8 Å². The first kappa shape index (κ1) is 22.1. The van der Waals surface area contributed by atoms with E-state index in [0.717, 1.165) is 6.07 Å². The van der Waals surface area contributed by atoms with Crippen LogP contribution >= 0.6 is 0 Å². The summed E-state index contributed by atoms with van der Waals surface area (Å²) in [5.41, 5.74) is 1.87. The van der Waals surface area contributed by atoms with Gasteiger partial charge in [-0.3, -0.25) is 9.59 Å². The molecule has 7 heteroatoms. The lowest BCUT2D eigenvalue weighted by Crippen LogP contribution is -2.43. The van der Waals surface area contributed by atoms with E-state index in [4.69, 9.17) is 4.74 Å². The lowest BCUT2D eigenvalue weighted by Gasteiger charge is -2.27. The van der Waals surface area contributed by atoms with Crippen molar-refractivity contribution in [3.8, 4) is 0 Å². The molecule has 154 valence electrons. The number of carbonyl (C=O) groups is 3. The van der Waals surface area contributed by atoms with Gasteiger partial charge >= 0.3 is 5.97 Å². The molecular weight excluding hydrogens is 375 g/mol. The molecule has 1 heterocycles. The molecule has 0 radical (unpaired) electrons. The third-order valence-corrected chi connectivity index (χ3v) is 5.06. The van der Waals surface area contributed by atoms with E-state index in [1.165, 1.54) is 36.3 Å². The molecule has 2 aromatic rings. The Morgan fingerprint density at radius 1 is 1.31 bits per heavy atom. The van der Waals surface area contributed by atoms with Crippen molar-refractivity contribution in [2.75, 3.05) is 13.7 Å². The van der Waals surface area contributed by atoms with Gasteiger partial charge in [0.2, 0.25) is 0 Å². The van der Waals surface area contributed by atoms with Crippen LogP contribution in [0.5, 0.6) is 0 Å². The molecule has 0 saturated heterocycles. The summed E-state index contributed by atoms with van der Waals surface area (Å²) in [5.74, 6) is -1.88. The summed E-state index contributed by atoms with van der Waals surface area (Å²) in [7, 11) is 2.95. The highest BCUT2D eigenvalue weighted by atomic mass is 19.1. The second-order valence-electron chi connectivity index (χ2n) is 6.78. The zero-order chi connectivity index (χ0) is 21.9. The van der Waals surface area contributed by atoms with Crippen molar-refractivity contribution in [2.24, 2.45) is 7.05 Å². The SMILES string of the molecule is C=CCN(C(=O)c1cccc(F)c1)C(C)C(=O)c1c(C)c(C(=O)OC)n(C)c1C. The van der Waals surface area contributed by atoms with Crippen molar-refractivity contribution in [3.05, 3.63) is 70.8 Å². The highest BCUT2D eigenvalue weighted by molar-refractivity contribution is 6.07. The second-order valence-corrected chi connectivity index (χ2v) is 6.78. The molecular formula is C22H25FN2O4. The van der Waals surface area contributed by atoms with Crippen LogP contribution in [0.2, 0.25) is 0 Å². The first-order valence-corrected chi connectivity index (χ1v) is 9.11. The Morgan fingerprint density at radius 2 is 1.97 bits per heavy atom. The van der Waals surface area contributed by atoms with Crippen molar-refractivity contribution in [3.63, 3.8) is 0 Å². The van der Waals surface area contributed by atoms with Crippen LogP contribution in [-0.2, 0) is 11.8 Å². The van der Waals surface area contributed by atoms with Crippen molar-refractivity contribution < 1.29 is 23.5 Å². The standard InChI is InChI=1S/C22H25FN2O4/c1-7-11-25(21(27)16-9-8-10-17(23)12-16)15(4)20(26)18-13(2)19(22(28)29-6)24(5)14(18)3/h7-10,12,15H,1,11H2,2-6H3. The molecule has 29 heavy (non-hydrogen) atoms. The van der Waals surface area contributed by atoms with Crippen molar-refractivity contribution in [1.29, 1.82) is 0 Å². The number of aromatic nitrogens is 1. The number of carbonyl (C=O) groups excluding carboxylic acids is 3. The number of hydrogen-bond acceptors (Lipinski definition) is 4. The molecule has 1 aromatic heterocycles. The molecule has 0 aliphatic heterocycles. The van der Waals surface area contributed by atoms with Crippen LogP contribution in [-0.4, -0.2) is 46.8 Å². The minimum absolute atomic E-state index is 0.108. The van der Waals surface area contributed by atoms with Crippen LogP contribution < -0.4 is 0 Å². The largest absolute Gasteiger partial charge is 0.464 e. The quantitative estimate of drug-likeness (QED) is 0.405. The highest BCUT2D eigenvalue weighted by Gasteiger charge is 2.32. The van der Waals surface area contributed by atoms with E-state index in [-0.39, 0.29) is 23.6 Å². The zero-order valence-corrected chi connectivity index (χ0v) is 17.3. The molecule has 1 unspecified atom stereocenters. The van der Waals surface area contributed by atoms with Gasteiger partial charge in [-0.25, -0.2) is 9.18 Å². The van der Waals surface area contributed by atoms with E-state index < -0.39 is 23.7 Å². The smallest absolute Gasteiger partial charge is 0.354 e. The molecule has 1 amide bonds. The third kappa shape index (κ3) is 4.13. The fourth-order valence-electron chi connectivity index (χ4n) is 3.42. The first-order chi connectivity index (χ1) is 13.6. The number of halogens is 1. The Morgan fingerprint density at radius 3 is 2.52 bits per heavy atom. The Balaban J connectivity index is 2.47. The number of rotatable bonds is 7. The van der Waals surface area contributed by atoms with E-state index >= 15 is 0 Å². The topological polar surface area (TPSA) is 68.6 Å². The summed E-state index contributed by atoms with van der Waals surface area (Å²) in [6.07, 6.45) is 1.51. The number of nitrogens with zero attached hydrogens (tertiary/aromatic N) is 2. The normalized spacial score (nSPS) is 11.7. The second kappa shape index (κ2) is 8.86. The number of Topliss-reactive ketones (excluding diaryl/α,β-unsaturated/α-hetero) is 1. The Kier molecular flexibility index (Phi) is 6.74. The van der Waals surface area contributed by atoms with Crippen LogP contribution in [0.4, 0.5) is 4.39 Å². The predicted octanol–water partition coefficient (Wildman–Crippen LogP) is 3.47. The summed E-state index contributed by atoms with van der Waals surface area (Å²) in [4.78, 5) is 39.7. The molecule has 0 spiro atoms. The van der Waals surface area contributed by atoms with Crippen LogP contribution in [0.25, 0.3) is 0 Å². The zero-order valence-electron chi connectivity index (χ0n) is 17.3. The fourth-order valence-corrected chi connectivity index (χ4v) is 3.42. The Hall–Kier alpha value is -3.22. The summed E-state index contributed by atoms with van der Waals surface area (Å²) in [6, 6.07) is 4.45. The average Bonchev–Trinajstić information content (AvgIpc) is 2.92. The number of benzene rings is 1. The fraction of sp³-hybridized carbons (Fsp3) is 0.318. The van der Waals surface area contributed by atoms with Gasteiger partial charge in [0.05, 0.1) is 13.2 Å². The first-order valence-electron chi connectivity index (χ1n) is 9.11. The maximum absolute atomic E-state index is 13.6. The number of methoxy groups -OCH3 is 1. The van der Waals surface area contributed by atoms with Gasteiger partial charge in [-0.2, -0.15) is 0 Å². The minimum Gasteiger partial charge on any atom is -0.464 e. The lowest BCUT2D eigenvalue weighted by molar-refractivity contribution is 0.0588. The number of amides is 1. The van der Waals surface area contributed by atoms with Gasteiger partial charge in [0.25, 0.3) is 5.91 Å². The Bertz CT molecular complexity index is 977. The number of hydrogen-bond donors (Lipinski definition) is 0. The van der Waals surface area contributed by atoms with Crippen LogP contribution in [0.1, 0.15) is 49.4 Å². The molecule has 0 aliphatic rings. The van der Waals surface area contributed by atoms with E-state index in [0.29, 0.717) is 16.8 Å². The molecule has 0 bridgehead atoms. The predicted molar refractivity (Wildman–Crippen MR) is 108 cm³/mol. The number of esters is 1. The third-order valence-electron chi connectivity index (χ3n) is 5.06. The monoisotopic (exact) mass is 400 g/mol. The molecule has 1 aromatic carbocycles. The molecule has 1 atom stereocenters. The highest BCUT2D eigenvalue weighted by Crippen LogP contribution is 2.25. The van der Waals surface area contributed by atoms with Gasteiger partial charge in [0, 0.05) is 30.4 Å². The van der Waals surface area contributed by atoms with Gasteiger partial charge in [-0.05, 0) is 44.5 Å². The van der Waals surface area contributed by atoms with Crippen molar-refractivity contribution in [2.45, 2.75) is 26.8 Å². The molecule has 2 rings (SSSR count). The average molecular weight is 400 g/mol. The molecule has 0 fully saturated rings.